The number of rotatable bonds is 6. The van der Waals surface area contributed by atoms with Gasteiger partial charge in [0.15, 0.2) is 0 Å². The number of aliphatic hydroxyl groups excluding tert-OH is 1. The molecule has 3 atom stereocenters. The number of nitrogens with zero attached hydrogens (tertiary/aromatic N) is 1. The Morgan fingerprint density at radius 3 is 2.58 bits per heavy atom. The number of carbonyl (C=O) groups is 2. The summed E-state index contributed by atoms with van der Waals surface area (Å²) in [7, 11) is 0. The molecule has 0 radical (unpaired) electrons. The van der Waals surface area contributed by atoms with Crippen LogP contribution in [-0.4, -0.2) is 46.6 Å². The first-order valence-electron chi connectivity index (χ1n) is 8.89. The van der Waals surface area contributed by atoms with E-state index in [2.05, 4.69) is 17.4 Å². The number of aliphatic hydroxyl groups is 1. The number of amides is 2. The fourth-order valence-corrected chi connectivity index (χ4v) is 3.41. The van der Waals surface area contributed by atoms with E-state index in [1.165, 1.54) is 5.56 Å². The minimum absolute atomic E-state index is 0.0257. The number of nitrogens with one attached hydrogen (secondary N) is 1. The summed E-state index contributed by atoms with van der Waals surface area (Å²) in [5.41, 5.74) is 1.21. The highest BCUT2D eigenvalue weighted by atomic mass is 16.3. The molecule has 1 aliphatic heterocycles. The van der Waals surface area contributed by atoms with E-state index >= 15 is 0 Å². The van der Waals surface area contributed by atoms with Gasteiger partial charge in [-0.15, -0.1) is 0 Å². The molecule has 3 rings (SSSR count). The zero-order valence-electron chi connectivity index (χ0n) is 14.1. The van der Waals surface area contributed by atoms with E-state index in [-0.39, 0.29) is 23.8 Å². The molecule has 1 aromatic rings. The average Bonchev–Trinajstić information content (AvgIpc) is 3.33. The van der Waals surface area contributed by atoms with Gasteiger partial charge in [0.2, 0.25) is 11.8 Å². The molecular formula is C19H26N2O3. The highest BCUT2D eigenvalue weighted by Gasteiger charge is 2.38. The maximum Gasteiger partial charge on any atom is 0.248 e. The van der Waals surface area contributed by atoms with Crippen molar-refractivity contribution in [2.75, 3.05) is 6.54 Å². The van der Waals surface area contributed by atoms with Gasteiger partial charge in [-0.25, -0.2) is 0 Å². The molecule has 0 spiro atoms. The first-order chi connectivity index (χ1) is 11.6. The molecule has 2 fully saturated rings. The van der Waals surface area contributed by atoms with Crippen molar-refractivity contribution in [1.82, 2.24) is 10.2 Å². The predicted octanol–water partition coefficient (Wildman–Crippen LogP) is 1.50. The molecule has 5 heteroatoms. The normalized spacial score (nSPS) is 22.9. The van der Waals surface area contributed by atoms with E-state index in [0.29, 0.717) is 6.54 Å². The van der Waals surface area contributed by atoms with Gasteiger partial charge in [-0.3, -0.25) is 9.59 Å². The van der Waals surface area contributed by atoms with E-state index in [1.807, 2.05) is 23.1 Å². The highest BCUT2D eigenvalue weighted by molar-refractivity contribution is 5.90. The third-order valence-electron chi connectivity index (χ3n) is 4.97. The van der Waals surface area contributed by atoms with Gasteiger partial charge >= 0.3 is 0 Å². The molecule has 130 valence electrons. The third kappa shape index (κ3) is 3.96. The number of carbonyl (C=O) groups excluding carboxylic acids is 2. The smallest absolute Gasteiger partial charge is 0.248 e. The van der Waals surface area contributed by atoms with Crippen LogP contribution in [0.1, 0.15) is 38.2 Å². The number of likely N-dealkylation sites (tertiary alicyclic amines) is 1. The summed E-state index contributed by atoms with van der Waals surface area (Å²) in [5, 5.41) is 12.8. The summed E-state index contributed by atoms with van der Waals surface area (Å²) in [6, 6.07) is 9.44. The molecule has 0 aromatic heterocycles. The van der Waals surface area contributed by atoms with Gasteiger partial charge in [0.1, 0.15) is 6.04 Å². The fourth-order valence-electron chi connectivity index (χ4n) is 3.41. The second kappa shape index (κ2) is 7.34. The lowest BCUT2D eigenvalue weighted by Crippen LogP contribution is -2.55. The molecule has 3 unspecified atom stereocenters. The van der Waals surface area contributed by atoms with Crippen LogP contribution in [0.25, 0.3) is 0 Å². The van der Waals surface area contributed by atoms with Crippen molar-refractivity contribution < 1.29 is 14.7 Å². The van der Waals surface area contributed by atoms with Crippen molar-refractivity contribution >= 4 is 11.8 Å². The maximum atomic E-state index is 12.9. The first-order valence-corrected chi connectivity index (χ1v) is 8.89. The van der Waals surface area contributed by atoms with Crippen molar-refractivity contribution in [1.29, 1.82) is 0 Å². The van der Waals surface area contributed by atoms with Gasteiger partial charge in [-0.1, -0.05) is 30.3 Å². The number of hydrogen-bond acceptors (Lipinski definition) is 3. The minimum atomic E-state index is -0.891. The Balaban J connectivity index is 1.67. The summed E-state index contributed by atoms with van der Waals surface area (Å²) in [6.07, 6.45) is 3.61. The van der Waals surface area contributed by atoms with Crippen molar-refractivity contribution in [3.05, 3.63) is 35.9 Å². The van der Waals surface area contributed by atoms with E-state index < -0.39 is 12.1 Å². The van der Waals surface area contributed by atoms with Gasteiger partial charge in [-0.05, 0) is 44.6 Å². The Bertz CT molecular complexity index is 584. The second-order valence-corrected chi connectivity index (χ2v) is 7.02. The molecule has 1 saturated heterocycles. The van der Waals surface area contributed by atoms with Gasteiger partial charge in [0, 0.05) is 18.5 Å². The molecule has 1 aromatic carbocycles. The van der Waals surface area contributed by atoms with Crippen LogP contribution in [0.3, 0.4) is 0 Å². The number of benzene rings is 1. The lowest BCUT2D eigenvalue weighted by atomic mass is 10.0. The average molecular weight is 330 g/mol. The van der Waals surface area contributed by atoms with Crippen molar-refractivity contribution in [2.24, 2.45) is 5.92 Å². The highest BCUT2D eigenvalue weighted by Crippen LogP contribution is 2.29. The van der Waals surface area contributed by atoms with Crippen LogP contribution < -0.4 is 5.32 Å². The maximum absolute atomic E-state index is 12.9. The quantitative estimate of drug-likeness (QED) is 0.830. The van der Waals surface area contributed by atoms with E-state index in [0.717, 1.165) is 32.1 Å². The monoisotopic (exact) mass is 330 g/mol. The lowest BCUT2D eigenvalue weighted by molar-refractivity contribution is -0.140. The van der Waals surface area contributed by atoms with Gasteiger partial charge < -0.3 is 15.3 Å². The van der Waals surface area contributed by atoms with Crippen LogP contribution >= 0.6 is 0 Å². The Hall–Kier alpha value is -1.88. The molecule has 1 heterocycles. The van der Waals surface area contributed by atoms with Gasteiger partial charge in [0.05, 0.1) is 6.10 Å². The van der Waals surface area contributed by atoms with Crippen LogP contribution in [0.5, 0.6) is 0 Å². The lowest BCUT2D eigenvalue weighted by Gasteiger charge is -2.30. The SMILES string of the molecule is CC(O)C(NC(=O)C1CC1)C(=O)N1CCCC1Cc1ccccc1. The topological polar surface area (TPSA) is 69.6 Å². The summed E-state index contributed by atoms with van der Waals surface area (Å²) < 4.78 is 0. The second-order valence-electron chi connectivity index (χ2n) is 7.02. The largest absolute Gasteiger partial charge is 0.391 e. The Labute approximate surface area is 143 Å². The van der Waals surface area contributed by atoms with Crippen molar-refractivity contribution in [3.8, 4) is 0 Å². The minimum Gasteiger partial charge on any atom is -0.391 e. The summed E-state index contributed by atoms with van der Waals surface area (Å²) in [6.45, 7) is 2.26. The summed E-state index contributed by atoms with van der Waals surface area (Å²) >= 11 is 0. The molecule has 2 aliphatic rings. The van der Waals surface area contributed by atoms with E-state index in [1.54, 1.807) is 6.92 Å². The van der Waals surface area contributed by atoms with Crippen LogP contribution in [-0.2, 0) is 16.0 Å². The van der Waals surface area contributed by atoms with Crippen LogP contribution in [0.15, 0.2) is 30.3 Å². The fraction of sp³-hybridized carbons (Fsp3) is 0.579. The molecule has 0 bridgehead atoms. The predicted molar refractivity (Wildman–Crippen MR) is 91.2 cm³/mol. The molecule has 24 heavy (non-hydrogen) atoms. The zero-order chi connectivity index (χ0) is 17.1. The Morgan fingerprint density at radius 1 is 1.25 bits per heavy atom. The van der Waals surface area contributed by atoms with Crippen LogP contribution in [0, 0.1) is 5.92 Å². The van der Waals surface area contributed by atoms with Crippen molar-refractivity contribution in [2.45, 2.75) is 57.2 Å². The van der Waals surface area contributed by atoms with Gasteiger partial charge in [-0.2, -0.15) is 0 Å². The molecule has 2 N–H and O–H groups in total. The molecular weight excluding hydrogens is 304 g/mol. The molecule has 1 aliphatic carbocycles. The zero-order valence-corrected chi connectivity index (χ0v) is 14.1. The van der Waals surface area contributed by atoms with E-state index in [4.69, 9.17) is 0 Å². The Morgan fingerprint density at radius 2 is 1.96 bits per heavy atom. The van der Waals surface area contributed by atoms with Crippen LogP contribution in [0.2, 0.25) is 0 Å². The van der Waals surface area contributed by atoms with E-state index in [9.17, 15) is 14.7 Å². The summed E-state index contributed by atoms with van der Waals surface area (Å²) in [5.74, 6) is -0.233. The third-order valence-corrected chi connectivity index (χ3v) is 4.97. The number of hydrogen-bond donors (Lipinski definition) is 2. The molecule has 2 amide bonds. The van der Waals surface area contributed by atoms with Gasteiger partial charge in [0.25, 0.3) is 0 Å². The Kier molecular flexibility index (Phi) is 5.19. The van der Waals surface area contributed by atoms with Crippen molar-refractivity contribution in [3.63, 3.8) is 0 Å². The standard InChI is InChI=1S/C19H26N2O3/c1-13(22)17(20-18(23)15-9-10-15)19(24)21-11-5-8-16(21)12-14-6-3-2-4-7-14/h2-4,6-7,13,15-17,22H,5,8-12H2,1H3,(H,20,23). The first kappa shape index (κ1) is 17.0. The van der Waals surface area contributed by atoms with Crippen LogP contribution in [0.4, 0.5) is 0 Å². The molecule has 1 saturated carbocycles. The summed E-state index contributed by atoms with van der Waals surface area (Å²) in [4.78, 5) is 26.8. The molecule has 5 nitrogen and oxygen atoms in total.